The molecule has 0 radical (unpaired) electrons. The lowest BCUT2D eigenvalue weighted by molar-refractivity contribution is 0.0163. The van der Waals surface area contributed by atoms with Crippen molar-refractivity contribution in [3.63, 3.8) is 0 Å². The van der Waals surface area contributed by atoms with Crippen molar-refractivity contribution in [2.24, 2.45) is 0 Å². The number of nitrogens with one attached hydrogen (secondary N) is 1. The molecule has 0 fully saturated rings. The fourth-order valence-electron chi connectivity index (χ4n) is 0.925. The van der Waals surface area contributed by atoms with Crippen molar-refractivity contribution in [1.82, 2.24) is 5.32 Å². The molecule has 0 aliphatic rings. The summed E-state index contributed by atoms with van der Waals surface area (Å²) in [6, 6.07) is 0. The molecule has 0 heterocycles. The van der Waals surface area contributed by atoms with Gasteiger partial charge in [-0.2, -0.15) is 0 Å². The molecule has 1 unspecified atom stereocenters. The lowest BCUT2D eigenvalue weighted by Crippen LogP contribution is -2.29. The van der Waals surface area contributed by atoms with E-state index in [1.807, 2.05) is 0 Å². The summed E-state index contributed by atoms with van der Waals surface area (Å²) in [7, 11) is 1.69. The summed E-state index contributed by atoms with van der Waals surface area (Å²) < 4.78 is 10.4. The van der Waals surface area contributed by atoms with Gasteiger partial charge in [-0.25, -0.2) is 0 Å². The summed E-state index contributed by atoms with van der Waals surface area (Å²) in [6.45, 7) is 7.56. The van der Waals surface area contributed by atoms with Crippen LogP contribution < -0.4 is 5.32 Å². The maximum absolute atomic E-state index is 5.55. The fourth-order valence-corrected chi connectivity index (χ4v) is 0.925. The van der Waals surface area contributed by atoms with E-state index in [-0.39, 0.29) is 0 Å². The van der Waals surface area contributed by atoms with Crippen LogP contribution in [-0.2, 0) is 9.47 Å². The largest absolute Gasteiger partial charge is 0.382 e. The van der Waals surface area contributed by atoms with Gasteiger partial charge in [0.2, 0.25) is 0 Å². The predicted molar refractivity (Wildman–Crippen MR) is 50.5 cm³/mol. The average molecular weight is 175 g/mol. The van der Waals surface area contributed by atoms with Gasteiger partial charge >= 0.3 is 0 Å². The van der Waals surface area contributed by atoms with Gasteiger partial charge in [-0.05, 0) is 13.0 Å². The van der Waals surface area contributed by atoms with Crippen molar-refractivity contribution in [2.45, 2.75) is 26.4 Å². The highest BCUT2D eigenvalue weighted by Crippen LogP contribution is 1.95. The third-order valence-electron chi connectivity index (χ3n) is 1.72. The van der Waals surface area contributed by atoms with Crippen LogP contribution in [0.1, 0.15) is 20.3 Å². The molecule has 12 heavy (non-hydrogen) atoms. The Balaban J connectivity index is 3.26. The Hall–Kier alpha value is -0.120. The maximum atomic E-state index is 5.55. The van der Waals surface area contributed by atoms with Gasteiger partial charge in [-0.3, -0.25) is 0 Å². The molecule has 0 bridgehead atoms. The Bertz CT molecular complexity index is 88.6. The molecule has 0 aromatic rings. The van der Waals surface area contributed by atoms with Crippen molar-refractivity contribution in [1.29, 1.82) is 0 Å². The smallest absolute Gasteiger partial charge is 0.0704 e. The van der Waals surface area contributed by atoms with Crippen LogP contribution in [0.4, 0.5) is 0 Å². The molecule has 0 rings (SSSR count). The van der Waals surface area contributed by atoms with Crippen LogP contribution >= 0.6 is 0 Å². The highest BCUT2D eigenvalue weighted by atomic mass is 16.5. The first kappa shape index (κ1) is 11.9. The minimum atomic E-state index is 0.333. The summed E-state index contributed by atoms with van der Waals surface area (Å²) in [6.07, 6.45) is 1.39. The first-order chi connectivity index (χ1) is 5.85. The standard InChI is InChI=1S/C9H21NO2/c1-4-9(8-10-5-2)12-7-6-11-3/h9-10H,4-8H2,1-3H3. The van der Waals surface area contributed by atoms with Crippen LogP contribution in [-0.4, -0.2) is 39.5 Å². The van der Waals surface area contributed by atoms with Crippen LogP contribution in [0, 0.1) is 0 Å². The number of methoxy groups -OCH3 is 1. The summed E-state index contributed by atoms with van der Waals surface area (Å²) in [5.74, 6) is 0. The van der Waals surface area contributed by atoms with E-state index in [4.69, 9.17) is 9.47 Å². The third kappa shape index (κ3) is 6.58. The summed E-state index contributed by atoms with van der Waals surface area (Å²) in [4.78, 5) is 0. The minimum Gasteiger partial charge on any atom is -0.382 e. The lowest BCUT2D eigenvalue weighted by Gasteiger charge is -2.15. The van der Waals surface area contributed by atoms with Crippen LogP contribution in [0.5, 0.6) is 0 Å². The Morgan fingerprint density at radius 3 is 2.50 bits per heavy atom. The normalized spacial score (nSPS) is 13.2. The summed E-state index contributed by atoms with van der Waals surface area (Å²) in [5.41, 5.74) is 0. The third-order valence-corrected chi connectivity index (χ3v) is 1.72. The highest BCUT2D eigenvalue weighted by molar-refractivity contribution is 4.58. The number of rotatable bonds is 8. The Morgan fingerprint density at radius 2 is 2.00 bits per heavy atom. The van der Waals surface area contributed by atoms with Gasteiger partial charge in [0.05, 0.1) is 19.3 Å². The van der Waals surface area contributed by atoms with Gasteiger partial charge in [0.15, 0.2) is 0 Å². The molecule has 0 aromatic heterocycles. The van der Waals surface area contributed by atoms with E-state index in [0.29, 0.717) is 19.3 Å². The number of ether oxygens (including phenoxy) is 2. The lowest BCUT2D eigenvalue weighted by atomic mass is 10.3. The molecule has 74 valence electrons. The quantitative estimate of drug-likeness (QED) is 0.559. The van der Waals surface area contributed by atoms with Crippen LogP contribution in [0.25, 0.3) is 0 Å². The molecule has 1 atom stereocenters. The number of hydrogen-bond acceptors (Lipinski definition) is 3. The second-order valence-electron chi connectivity index (χ2n) is 2.70. The molecular weight excluding hydrogens is 154 g/mol. The Morgan fingerprint density at radius 1 is 1.25 bits per heavy atom. The van der Waals surface area contributed by atoms with E-state index in [0.717, 1.165) is 19.5 Å². The molecule has 1 N–H and O–H groups in total. The monoisotopic (exact) mass is 175 g/mol. The highest BCUT2D eigenvalue weighted by Gasteiger charge is 2.03. The zero-order chi connectivity index (χ0) is 9.23. The number of likely N-dealkylation sites (N-methyl/N-ethyl adjacent to an activating group) is 1. The Labute approximate surface area is 75.4 Å². The molecule has 0 amide bonds. The summed E-state index contributed by atoms with van der Waals surface area (Å²) >= 11 is 0. The molecule has 0 saturated heterocycles. The second kappa shape index (κ2) is 8.97. The molecule has 0 aromatic carbocycles. The average Bonchev–Trinajstić information content (AvgIpc) is 2.11. The number of hydrogen-bond donors (Lipinski definition) is 1. The topological polar surface area (TPSA) is 30.5 Å². The van der Waals surface area contributed by atoms with E-state index in [1.165, 1.54) is 0 Å². The zero-order valence-corrected chi connectivity index (χ0v) is 8.43. The molecular formula is C9H21NO2. The molecule has 0 aliphatic heterocycles. The Kier molecular flexibility index (Phi) is 8.88. The van der Waals surface area contributed by atoms with Crippen molar-refractivity contribution in [3.05, 3.63) is 0 Å². The first-order valence-electron chi connectivity index (χ1n) is 4.66. The first-order valence-corrected chi connectivity index (χ1v) is 4.66. The van der Waals surface area contributed by atoms with Crippen molar-refractivity contribution in [3.8, 4) is 0 Å². The van der Waals surface area contributed by atoms with Crippen molar-refractivity contribution >= 4 is 0 Å². The van der Waals surface area contributed by atoms with E-state index >= 15 is 0 Å². The van der Waals surface area contributed by atoms with Crippen LogP contribution in [0.2, 0.25) is 0 Å². The zero-order valence-electron chi connectivity index (χ0n) is 8.43. The van der Waals surface area contributed by atoms with Gasteiger partial charge in [0.1, 0.15) is 0 Å². The fraction of sp³-hybridized carbons (Fsp3) is 1.00. The molecule has 0 aliphatic carbocycles. The van der Waals surface area contributed by atoms with Crippen molar-refractivity contribution < 1.29 is 9.47 Å². The van der Waals surface area contributed by atoms with Crippen LogP contribution in [0.3, 0.4) is 0 Å². The minimum absolute atomic E-state index is 0.333. The molecule has 0 spiro atoms. The van der Waals surface area contributed by atoms with E-state index in [1.54, 1.807) is 7.11 Å². The SMILES string of the molecule is CCNCC(CC)OCCOC. The van der Waals surface area contributed by atoms with Gasteiger partial charge in [0, 0.05) is 13.7 Å². The van der Waals surface area contributed by atoms with E-state index < -0.39 is 0 Å². The second-order valence-corrected chi connectivity index (χ2v) is 2.70. The predicted octanol–water partition coefficient (Wildman–Crippen LogP) is 1.04. The van der Waals surface area contributed by atoms with Gasteiger partial charge in [-0.1, -0.05) is 13.8 Å². The van der Waals surface area contributed by atoms with E-state index in [9.17, 15) is 0 Å². The van der Waals surface area contributed by atoms with Crippen LogP contribution in [0.15, 0.2) is 0 Å². The molecule has 3 nitrogen and oxygen atoms in total. The van der Waals surface area contributed by atoms with Gasteiger partial charge in [-0.15, -0.1) is 0 Å². The molecule has 0 saturated carbocycles. The van der Waals surface area contributed by atoms with Gasteiger partial charge < -0.3 is 14.8 Å². The van der Waals surface area contributed by atoms with Crippen molar-refractivity contribution in [2.75, 3.05) is 33.4 Å². The van der Waals surface area contributed by atoms with E-state index in [2.05, 4.69) is 19.2 Å². The summed E-state index contributed by atoms with van der Waals surface area (Å²) in [5, 5.41) is 3.26. The molecule has 3 heteroatoms. The maximum Gasteiger partial charge on any atom is 0.0704 e. The van der Waals surface area contributed by atoms with Gasteiger partial charge in [0.25, 0.3) is 0 Å².